The predicted octanol–water partition coefficient (Wildman–Crippen LogP) is 13.5. The molecule has 4 nitrogen and oxygen atoms in total. The van der Waals surface area contributed by atoms with Crippen molar-refractivity contribution in [2.75, 3.05) is 0 Å². The zero-order chi connectivity index (χ0) is 36.7. The molecule has 0 atom stereocenters. The van der Waals surface area contributed by atoms with Crippen LogP contribution in [0.15, 0.2) is 194 Å². The van der Waals surface area contributed by atoms with Gasteiger partial charge in [0.25, 0.3) is 0 Å². The highest BCUT2D eigenvalue weighted by Crippen LogP contribution is 2.42. The van der Waals surface area contributed by atoms with Crippen LogP contribution < -0.4 is 0 Å². The molecule has 0 aliphatic rings. The molecule has 0 unspecified atom stereocenters. The maximum atomic E-state index is 5.02. The average molecular weight is 713 g/mol. The quantitative estimate of drug-likeness (QED) is 0.182. The van der Waals surface area contributed by atoms with Gasteiger partial charge >= 0.3 is 0 Å². The van der Waals surface area contributed by atoms with Gasteiger partial charge in [0.05, 0.1) is 38.8 Å². The summed E-state index contributed by atoms with van der Waals surface area (Å²) in [5.41, 5.74) is 13.2. The number of aromatic nitrogens is 4. The Hall–Kier alpha value is -7.56. The Balaban J connectivity index is 1.06. The molecule has 12 rings (SSSR count). The molecule has 0 saturated heterocycles. The smallest absolute Gasteiger partial charge is 0.0971 e. The van der Waals surface area contributed by atoms with Crippen molar-refractivity contribution in [2.24, 2.45) is 0 Å². The van der Waals surface area contributed by atoms with Gasteiger partial charge < -0.3 is 9.13 Å². The van der Waals surface area contributed by atoms with Gasteiger partial charge in [0.15, 0.2) is 0 Å². The minimum Gasteiger partial charge on any atom is -0.309 e. The van der Waals surface area contributed by atoms with Crippen molar-refractivity contribution in [1.82, 2.24) is 19.1 Å². The van der Waals surface area contributed by atoms with Crippen LogP contribution in [0.1, 0.15) is 0 Å². The van der Waals surface area contributed by atoms with E-state index in [1.807, 2.05) is 12.4 Å². The van der Waals surface area contributed by atoms with Gasteiger partial charge in [-0.1, -0.05) is 133 Å². The summed E-state index contributed by atoms with van der Waals surface area (Å²) < 4.78 is 4.80. The first-order valence-electron chi connectivity index (χ1n) is 19.1. The lowest BCUT2D eigenvalue weighted by Crippen LogP contribution is -1.97. The summed E-state index contributed by atoms with van der Waals surface area (Å²) in [6.07, 6.45) is 3.62. The molecule has 56 heavy (non-hydrogen) atoms. The van der Waals surface area contributed by atoms with Gasteiger partial charge in [-0.05, 0) is 75.8 Å². The molecule has 4 heteroatoms. The van der Waals surface area contributed by atoms with Crippen LogP contribution in [-0.2, 0) is 0 Å². The van der Waals surface area contributed by atoms with E-state index < -0.39 is 0 Å². The Morgan fingerprint density at radius 1 is 0.321 bits per heavy atom. The normalized spacial score (nSPS) is 11.9. The monoisotopic (exact) mass is 712 g/mol. The molecule has 12 aromatic rings. The first-order valence-corrected chi connectivity index (χ1v) is 19.1. The first-order chi connectivity index (χ1) is 27.8. The highest BCUT2D eigenvalue weighted by molar-refractivity contribution is 6.16. The molecule has 3 aromatic heterocycles. The number of para-hydroxylation sites is 3. The van der Waals surface area contributed by atoms with Crippen LogP contribution in [-0.4, -0.2) is 19.1 Å². The molecule has 9 aromatic carbocycles. The maximum Gasteiger partial charge on any atom is 0.0971 e. The van der Waals surface area contributed by atoms with E-state index in [9.17, 15) is 0 Å². The lowest BCUT2D eigenvalue weighted by Gasteiger charge is -2.16. The second-order valence-corrected chi connectivity index (χ2v) is 14.6. The van der Waals surface area contributed by atoms with Crippen LogP contribution in [0.4, 0.5) is 0 Å². The fraction of sp³-hybridized carbons (Fsp3) is 0. The third kappa shape index (κ3) is 4.47. The summed E-state index contributed by atoms with van der Waals surface area (Å²) in [6.45, 7) is 0. The summed E-state index contributed by atoms with van der Waals surface area (Å²) >= 11 is 0. The van der Waals surface area contributed by atoms with Crippen LogP contribution >= 0.6 is 0 Å². The van der Waals surface area contributed by atoms with E-state index in [1.165, 1.54) is 59.6 Å². The minimum atomic E-state index is 0.883. The SMILES string of the molecule is c1ccc(-n2c3ccccc3c3ccc(-c4ccc(-c5ccc(-n6c7ccccc7c7cc8ccccc8cc76)c6ccccc56)c5nccnc45)cc32)cc1. The van der Waals surface area contributed by atoms with E-state index in [1.54, 1.807) is 0 Å². The largest absolute Gasteiger partial charge is 0.309 e. The fourth-order valence-electron chi connectivity index (χ4n) is 9.13. The van der Waals surface area contributed by atoms with E-state index in [2.05, 4.69) is 191 Å². The average Bonchev–Trinajstić information content (AvgIpc) is 3.77. The van der Waals surface area contributed by atoms with Crippen LogP contribution in [0.25, 0.3) is 110 Å². The van der Waals surface area contributed by atoms with Crippen molar-refractivity contribution in [3.63, 3.8) is 0 Å². The molecule has 0 amide bonds. The second kappa shape index (κ2) is 12.0. The summed E-state index contributed by atoms with van der Waals surface area (Å²) in [7, 11) is 0. The van der Waals surface area contributed by atoms with Crippen LogP contribution in [0.3, 0.4) is 0 Å². The van der Waals surface area contributed by atoms with Gasteiger partial charge in [-0.25, -0.2) is 0 Å². The van der Waals surface area contributed by atoms with Crippen molar-refractivity contribution in [3.8, 4) is 33.6 Å². The molecule has 0 fully saturated rings. The summed E-state index contributed by atoms with van der Waals surface area (Å²) in [6, 6.07) is 65.9. The first kappa shape index (κ1) is 30.9. The van der Waals surface area contributed by atoms with Gasteiger partial charge in [-0.3, -0.25) is 9.97 Å². The molecule has 0 aliphatic heterocycles. The third-order valence-corrected chi connectivity index (χ3v) is 11.6. The van der Waals surface area contributed by atoms with Crippen molar-refractivity contribution < 1.29 is 0 Å². The van der Waals surface area contributed by atoms with Gasteiger partial charge in [0.2, 0.25) is 0 Å². The van der Waals surface area contributed by atoms with Crippen molar-refractivity contribution >= 4 is 76.2 Å². The van der Waals surface area contributed by atoms with Crippen LogP contribution in [0.5, 0.6) is 0 Å². The summed E-state index contributed by atoms with van der Waals surface area (Å²) in [4.78, 5) is 10.0. The Kier molecular flexibility index (Phi) is 6.60. The summed E-state index contributed by atoms with van der Waals surface area (Å²) in [5.74, 6) is 0. The standard InChI is InChI=1S/C52H32N4/c1-2-14-36(15-3-1)55-46-20-10-8-18-41(46)43-23-22-35(32-49(43)55)37-24-25-44(52-51(37)53-28-29-54-52)39-26-27-48(40-17-7-6-16-38(39)40)56-47-21-11-9-19-42(47)45-30-33-12-4-5-13-34(33)31-50(45)56/h1-32H. The number of hydrogen-bond donors (Lipinski definition) is 0. The minimum absolute atomic E-state index is 0.883. The third-order valence-electron chi connectivity index (χ3n) is 11.6. The van der Waals surface area contributed by atoms with E-state index in [0.29, 0.717) is 0 Å². The molecule has 0 saturated carbocycles. The molecule has 0 N–H and O–H groups in total. The van der Waals surface area contributed by atoms with E-state index in [4.69, 9.17) is 9.97 Å². The van der Waals surface area contributed by atoms with Crippen LogP contribution in [0, 0.1) is 0 Å². The molecule has 0 aliphatic carbocycles. The number of nitrogens with zero attached hydrogens (tertiary/aromatic N) is 4. The van der Waals surface area contributed by atoms with Crippen LogP contribution in [0.2, 0.25) is 0 Å². The van der Waals surface area contributed by atoms with E-state index in [0.717, 1.165) is 50.2 Å². The maximum absolute atomic E-state index is 5.02. The zero-order valence-corrected chi connectivity index (χ0v) is 30.3. The van der Waals surface area contributed by atoms with Crippen molar-refractivity contribution in [1.29, 1.82) is 0 Å². The number of rotatable bonds is 4. The Morgan fingerprint density at radius 2 is 0.875 bits per heavy atom. The number of fused-ring (bicyclic) bond motifs is 9. The van der Waals surface area contributed by atoms with Gasteiger partial charge in [0.1, 0.15) is 0 Å². The van der Waals surface area contributed by atoms with Gasteiger partial charge in [-0.2, -0.15) is 0 Å². The van der Waals surface area contributed by atoms with E-state index in [-0.39, 0.29) is 0 Å². The second-order valence-electron chi connectivity index (χ2n) is 14.6. The molecule has 260 valence electrons. The fourth-order valence-corrected chi connectivity index (χ4v) is 9.13. The van der Waals surface area contributed by atoms with Crippen molar-refractivity contribution in [3.05, 3.63) is 194 Å². The topological polar surface area (TPSA) is 35.6 Å². The molecular weight excluding hydrogens is 681 g/mol. The van der Waals surface area contributed by atoms with E-state index >= 15 is 0 Å². The van der Waals surface area contributed by atoms with Crippen molar-refractivity contribution in [2.45, 2.75) is 0 Å². The lowest BCUT2D eigenvalue weighted by atomic mass is 9.93. The lowest BCUT2D eigenvalue weighted by molar-refractivity contribution is 1.18. The van der Waals surface area contributed by atoms with Gasteiger partial charge in [-0.15, -0.1) is 0 Å². The highest BCUT2D eigenvalue weighted by Gasteiger charge is 2.20. The molecule has 0 spiro atoms. The molecule has 0 bridgehead atoms. The molecule has 0 radical (unpaired) electrons. The Bertz CT molecular complexity index is 3540. The predicted molar refractivity (Wildman–Crippen MR) is 234 cm³/mol. The highest BCUT2D eigenvalue weighted by atomic mass is 15.0. The number of benzene rings is 9. The molecular formula is C52H32N4. The van der Waals surface area contributed by atoms with Gasteiger partial charge in [0, 0.05) is 56.1 Å². The Labute approximate surface area is 322 Å². The molecule has 3 heterocycles. The Morgan fingerprint density at radius 3 is 1.66 bits per heavy atom. The zero-order valence-electron chi connectivity index (χ0n) is 30.3. The number of hydrogen-bond acceptors (Lipinski definition) is 2. The summed E-state index contributed by atoms with van der Waals surface area (Å²) in [5, 5.41) is 9.80.